The highest BCUT2D eigenvalue weighted by Crippen LogP contribution is 2.40. The van der Waals surface area contributed by atoms with Crippen LogP contribution in [0.1, 0.15) is 112 Å². The number of Topliss-reactive ketones (excluding diaryl/α,β-unsaturated/α-hetero) is 2. The molecule has 4 aliphatic rings. The van der Waals surface area contributed by atoms with Crippen molar-refractivity contribution in [3.8, 4) is 0 Å². The van der Waals surface area contributed by atoms with Crippen LogP contribution in [0.3, 0.4) is 0 Å². The van der Waals surface area contributed by atoms with E-state index in [1.165, 1.54) is 4.90 Å². The quantitative estimate of drug-likeness (QED) is 0.136. The maximum absolute atomic E-state index is 14.7. The van der Waals surface area contributed by atoms with Gasteiger partial charge in [-0.2, -0.15) is 0 Å². The highest BCUT2D eigenvalue weighted by molar-refractivity contribution is 6.39. The molecule has 1 aromatic carbocycles. The Morgan fingerprint density at radius 3 is 2.41 bits per heavy atom. The number of anilines is 1. The number of piperidine rings is 1. The summed E-state index contributed by atoms with van der Waals surface area (Å²) in [5.74, 6) is -7.47. The summed E-state index contributed by atoms with van der Waals surface area (Å²) in [5, 5.41) is 25.3. The van der Waals surface area contributed by atoms with E-state index in [1.54, 1.807) is 34.1 Å². The molecule has 6 rings (SSSR count). The predicted molar refractivity (Wildman–Crippen MR) is 266 cm³/mol. The molecule has 2 aromatic rings. The fourth-order valence-corrected chi connectivity index (χ4v) is 11.6. The summed E-state index contributed by atoms with van der Waals surface area (Å²) in [7, 11) is 7.23. The molecular weight excluding hydrogens is 879 g/mol. The number of cyclic esters (lactones) is 1. The zero-order valence-corrected chi connectivity index (χ0v) is 42.9. The lowest BCUT2D eigenvalue weighted by Gasteiger charge is -2.47. The molecule has 382 valence electrons. The molecule has 1 aromatic heterocycles. The summed E-state index contributed by atoms with van der Waals surface area (Å²) in [6.45, 7) is 15.7. The highest BCUT2D eigenvalue weighted by Gasteiger charge is 2.56. The van der Waals surface area contributed by atoms with Crippen molar-refractivity contribution in [3.63, 3.8) is 0 Å². The van der Waals surface area contributed by atoms with Crippen LogP contribution in [0.2, 0.25) is 0 Å². The first-order valence-corrected chi connectivity index (χ1v) is 25.4. The SMILES string of the molecule is C=CCOC1CC(C=C(C)C2OC(=O)C3CCCCN3C(=O)C(=O)C3(O)OC(C(OC)CC(C)CC(C)=CC(CC)C(=O)CC(O)C2C)C(OC)CC3C)CCC1N(C)c1ccc2c(ccn2C)c1. The minimum atomic E-state index is -2.51. The number of likely N-dealkylation sites (N-methyl/N-ethyl adjacent to an activating group) is 1. The molecule has 1 saturated carbocycles. The van der Waals surface area contributed by atoms with Crippen LogP contribution in [-0.2, 0) is 49.9 Å². The van der Waals surface area contributed by atoms with Crippen molar-refractivity contribution < 1.29 is 53.1 Å². The van der Waals surface area contributed by atoms with Gasteiger partial charge in [0.2, 0.25) is 5.79 Å². The third kappa shape index (κ3) is 12.3. The number of benzene rings is 1. The number of ether oxygens (including phenoxy) is 5. The van der Waals surface area contributed by atoms with Gasteiger partial charge in [0.15, 0.2) is 0 Å². The summed E-state index contributed by atoms with van der Waals surface area (Å²) < 4.78 is 33.2. The monoisotopic (exact) mass is 960 g/mol. The van der Waals surface area contributed by atoms with Crippen LogP contribution in [0, 0.1) is 29.6 Å². The summed E-state index contributed by atoms with van der Waals surface area (Å²) in [5.41, 5.74) is 3.97. The van der Waals surface area contributed by atoms with Crippen molar-refractivity contribution in [3.05, 3.63) is 66.4 Å². The summed E-state index contributed by atoms with van der Waals surface area (Å²) >= 11 is 0. The molecule has 1 amide bonds. The number of carbonyl (C=O) groups is 4. The number of aliphatic hydroxyl groups is 2. The zero-order chi connectivity index (χ0) is 50.3. The molecule has 4 heterocycles. The van der Waals surface area contributed by atoms with Gasteiger partial charge in [0.1, 0.15) is 24.0 Å². The number of carbonyl (C=O) groups excluding carboxylic acids is 4. The number of fused-ring (bicyclic) bond motifs is 4. The van der Waals surface area contributed by atoms with Crippen LogP contribution in [0.5, 0.6) is 0 Å². The number of allylic oxidation sites excluding steroid dienone is 3. The number of rotatable bonds is 10. The Labute approximate surface area is 410 Å². The van der Waals surface area contributed by atoms with Gasteiger partial charge in [-0.1, -0.05) is 51.5 Å². The Balaban J connectivity index is 1.32. The average molecular weight is 960 g/mol. The van der Waals surface area contributed by atoms with Gasteiger partial charge in [-0.05, 0) is 120 Å². The molecule has 3 fully saturated rings. The molecule has 14 unspecified atom stereocenters. The van der Waals surface area contributed by atoms with E-state index in [9.17, 15) is 29.4 Å². The summed E-state index contributed by atoms with van der Waals surface area (Å²) in [4.78, 5) is 61.1. The van der Waals surface area contributed by atoms with Crippen molar-refractivity contribution in [2.75, 3.05) is 39.3 Å². The zero-order valence-electron chi connectivity index (χ0n) is 42.9. The van der Waals surface area contributed by atoms with E-state index in [4.69, 9.17) is 23.7 Å². The van der Waals surface area contributed by atoms with E-state index >= 15 is 0 Å². The Hall–Kier alpha value is -4.18. The normalized spacial score (nSPS) is 35.2. The third-order valence-corrected chi connectivity index (χ3v) is 15.8. The Morgan fingerprint density at radius 2 is 1.71 bits per heavy atom. The molecule has 14 nitrogen and oxygen atoms in total. The standard InChI is InChI=1S/C55H81N3O11/c1-12-24-67-47-30-38(17-19-43(47)57(9)41-18-20-42-40(31-41)21-23-56(42)8)28-35(5)50-37(7)45(59)32-46(60)39(13-2)26-33(3)25-34(4)27-48(65-10)51-49(66-11)29-36(6)55(64,69-51)52(61)53(62)58-22-15-14-16-44(58)54(63)68-50/h12,18,20-21,23,26,28,31,34,36-39,43-45,47-51,59,64H,1,13-17,19,22,24-25,27,29-30,32H2,2-11H3. The minimum absolute atomic E-state index is 0.0266. The molecule has 14 atom stereocenters. The topological polar surface area (TPSA) is 166 Å². The second kappa shape index (κ2) is 23.8. The number of esters is 1. The van der Waals surface area contributed by atoms with E-state index in [1.807, 2.05) is 33.9 Å². The number of hydrogen-bond donors (Lipinski definition) is 2. The van der Waals surface area contributed by atoms with Crippen molar-refractivity contribution in [2.24, 2.45) is 36.6 Å². The van der Waals surface area contributed by atoms with Gasteiger partial charge >= 0.3 is 5.97 Å². The molecule has 3 aliphatic heterocycles. The second-order valence-electron chi connectivity index (χ2n) is 20.8. The van der Waals surface area contributed by atoms with E-state index in [2.05, 4.69) is 66.6 Å². The van der Waals surface area contributed by atoms with Gasteiger partial charge in [0.05, 0.1) is 37.1 Å². The fourth-order valence-electron chi connectivity index (χ4n) is 11.6. The predicted octanol–water partition coefficient (Wildman–Crippen LogP) is 7.66. The molecule has 14 heteroatoms. The number of aliphatic hydroxyl groups excluding tert-OH is 1. The number of ketones is 2. The number of methoxy groups -OCH3 is 2. The van der Waals surface area contributed by atoms with Crippen LogP contribution in [0.15, 0.2) is 66.4 Å². The molecule has 2 bridgehead atoms. The summed E-state index contributed by atoms with van der Waals surface area (Å²) in [6, 6.07) is 7.55. The molecule has 0 radical (unpaired) electrons. The maximum Gasteiger partial charge on any atom is 0.329 e. The van der Waals surface area contributed by atoms with E-state index in [0.717, 1.165) is 35.0 Å². The Kier molecular flexibility index (Phi) is 18.7. The van der Waals surface area contributed by atoms with Crippen molar-refractivity contribution in [1.82, 2.24) is 9.47 Å². The fraction of sp³-hybridized carbons (Fsp3) is 0.673. The van der Waals surface area contributed by atoms with Crippen LogP contribution in [0.4, 0.5) is 5.69 Å². The van der Waals surface area contributed by atoms with Crippen LogP contribution >= 0.6 is 0 Å². The van der Waals surface area contributed by atoms with Crippen LogP contribution in [-0.4, -0.2) is 132 Å². The number of nitrogens with zero attached hydrogens (tertiary/aromatic N) is 3. The van der Waals surface area contributed by atoms with Gasteiger partial charge in [0, 0.05) is 81.8 Å². The first-order valence-electron chi connectivity index (χ1n) is 25.4. The Bertz CT molecular complexity index is 2180. The lowest BCUT2D eigenvalue weighted by Crippen LogP contribution is -2.64. The van der Waals surface area contributed by atoms with Crippen molar-refractivity contribution >= 4 is 40.0 Å². The largest absolute Gasteiger partial charge is 0.456 e. The van der Waals surface area contributed by atoms with Gasteiger partial charge < -0.3 is 48.3 Å². The lowest BCUT2D eigenvalue weighted by atomic mass is 9.80. The third-order valence-electron chi connectivity index (χ3n) is 15.8. The van der Waals surface area contributed by atoms with E-state index < -0.39 is 77.8 Å². The van der Waals surface area contributed by atoms with Crippen molar-refractivity contribution in [2.45, 2.75) is 167 Å². The first kappa shape index (κ1) is 54.2. The molecule has 2 saturated heterocycles. The van der Waals surface area contributed by atoms with Crippen LogP contribution in [0.25, 0.3) is 10.9 Å². The first-order chi connectivity index (χ1) is 32.8. The molecular formula is C55H81N3O11. The number of hydrogen-bond acceptors (Lipinski definition) is 12. The smallest absolute Gasteiger partial charge is 0.329 e. The van der Waals surface area contributed by atoms with Gasteiger partial charge in [-0.3, -0.25) is 14.4 Å². The number of amides is 1. The second-order valence-corrected chi connectivity index (χ2v) is 20.8. The number of aromatic nitrogens is 1. The van der Waals surface area contributed by atoms with E-state index in [-0.39, 0.29) is 55.6 Å². The van der Waals surface area contributed by atoms with Gasteiger partial charge in [0.25, 0.3) is 11.7 Å². The molecule has 0 spiro atoms. The van der Waals surface area contributed by atoms with Gasteiger partial charge in [-0.25, -0.2) is 4.79 Å². The average Bonchev–Trinajstić information content (AvgIpc) is 3.71. The Morgan fingerprint density at radius 1 is 0.986 bits per heavy atom. The van der Waals surface area contributed by atoms with Crippen LogP contribution < -0.4 is 4.90 Å². The molecule has 2 N–H and O–H groups in total. The highest BCUT2D eigenvalue weighted by atomic mass is 16.7. The van der Waals surface area contributed by atoms with Gasteiger partial charge in [-0.15, -0.1) is 6.58 Å². The lowest BCUT2D eigenvalue weighted by molar-refractivity contribution is -0.302. The van der Waals surface area contributed by atoms with E-state index in [0.29, 0.717) is 50.7 Å². The maximum atomic E-state index is 14.7. The van der Waals surface area contributed by atoms with Crippen molar-refractivity contribution in [1.29, 1.82) is 0 Å². The molecule has 1 aliphatic carbocycles. The number of aryl methyl sites for hydroxylation is 1. The minimum Gasteiger partial charge on any atom is -0.456 e. The summed E-state index contributed by atoms with van der Waals surface area (Å²) in [6.07, 6.45) is 8.97. The molecule has 69 heavy (non-hydrogen) atoms.